The second-order valence-corrected chi connectivity index (χ2v) is 6.41. The van der Waals surface area contributed by atoms with Crippen LogP contribution in [0.1, 0.15) is 47.9 Å². The minimum atomic E-state index is -0.535. The molecule has 0 bridgehead atoms. The summed E-state index contributed by atoms with van der Waals surface area (Å²) in [6.07, 6.45) is 1.86. The smallest absolute Gasteiger partial charge is 0.174 e. The van der Waals surface area contributed by atoms with Crippen LogP contribution in [0.2, 0.25) is 0 Å². The zero-order valence-electron chi connectivity index (χ0n) is 14.6. The summed E-state index contributed by atoms with van der Waals surface area (Å²) in [5, 5.41) is 29.7. The summed E-state index contributed by atoms with van der Waals surface area (Å²) >= 11 is 0. The fraction of sp³-hybridized carbons (Fsp3) is 0.250. The van der Waals surface area contributed by atoms with Crippen molar-refractivity contribution in [2.24, 2.45) is 0 Å². The molecular formula is C20H20O5Pb. The molecule has 1 aliphatic rings. The molecule has 1 atom stereocenters. The molecule has 1 unspecified atom stereocenters. The van der Waals surface area contributed by atoms with Gasteiger partial charge in [0, 0.05) is 38.9 Å². The number of ether oxygens (including phenoxy) is 1. The van der Waals surface area contributed by atoms with Gasteiger partial charge in [-0.15, -0.1) is 0 Å². The fourth-order valence-electron chi connectivity index (χ4n) is 2.90. The van der Waals surface area contributed by atoms with Crippen molar-refractivity contribution in [1.82, 2.24) is 0 Å². The number of phenolic OH excluding ortho intramolecular Hbond substituents is 3. The number of hydrogen-bond acceptors (Lipinski definition) is 5. The monoisotopic (exact) mass is 548 g/mol. The van der Waals surface area contributed by atoms with E-state index in [1.165, 1.54) is 18.2 Å². The van der Waals surface area contributed by atoms with Gasteiger partial charge in [-0.1, -0.05) is 23.8 Å². The van der Waals surface area contributed by atoms with Crippen LogP contribution in [0.25, 0.3) is 0 Å². The van der Waals surface area contributed by atoms with Crippen LogP contribution in [0.5, 0.6) is 23.0 Å². The summed E-state index contributed by atoms with van der Waals surface area (Å²) in [5.41, 5.74) is 2.40. The van der Waals surface area contributed by atoms with Gasteiger partial charge in [0.25, 0.3) is 0 Å². The molecule has 0 aromatic heterocycles. The maximum absolute atomic E-state index is 12.6. The fourth-order valence-corrected chi connectivity index (χ4v) is 2.90. The van der Waals surface area contributed by atoms with E-state index in [0.717, 1.165) is 11.1 Å². The molecule has 1 heterocycles. The SMILES string of the molecule is CC(C)=CCc1c(O)cc(O)c2c1OC(c1ccc(O)cc1)CC2=O.[Pb]. The molecule has 2 aromatic rings. The van der Waals surface area contributed by atoms with E-state index in [2.05, 4.69) is 0 Å². The Morgan fingerprint density at radius 3 is 2.42 bits per heavy atom. The van der Waals surface area contributed by atoms with Crippen molar-refractivity contribution in [3.63, 3.8) is 0 Å². The van der Waals surface area contributed by atoms with Crippen LogP contribution >= 0.6 is 0 Å². The summed E-state index contributed by atoms with van der Waals surface area (Å²) in [5.74, 6) is -0.263. The first-order valence-electron chi connectivity index (χ1n) is 8.06. The van der Waals surface area contributed by atoms with Gasteiger partial charge in [-0.05, 0) is 38.0 Å². The molecule has 0 fully saturated rings. The molecule has 5 nitrogen and oxygen atoms in total. The van der Waals surface area contributed by atoms with Crippen molar-refractivity contribution in [2.45, 2.75) is 32.8 Å². The Hall–Kier alpha value is -2.03. The molecule has 0 saturated carbocycles. The van der Waals surface area contributed by atoms with E-state index in [1.54, 1.807) is 12.1 Å². The second kappa shape index (κ2) is 8.11. The summed E-state index contributed by atoms with van der Waals surface area (Å²) in [4.78, 5) is 12.6. The zero-order valence-corrected chi connectivity index (χ0v) is 18.5. The molecule has 3 N–H and O–H groups in total. The van der Waals surface area contributed by atoms with E-state index in [1.807, 2.05) is 19.9 Å². The van der Waals surface area contributed by atoms with E-state index in [-0.39, 0.29) is 68.1 Å². The number of ketones is 1. The van der Waals surface area contributed by atoms with Gasteiger partial charge < -0.3 is 20.1 Å². The summed E-state index contributed by atoms with van der Waals surface area (Å²) in [6.45, 7) is 3.88. The number of rotatable bonds is 3. The van der Waals surface area contributed by atoms with Crippen LogP contribution in [0.15, 0.2) is 42.0 Å². The predicted octanol–water partition coefficient (Wildman–Crippen LogP) is 3.64. The van der Waals surface area contributed by atoms with Crippen LogP contribution in [-0.2, 0) is 6.42 Å². The number of hydrogen-bond donors (Lipinski definition) is 3. The topological polar surface area (TPSA) is 87.0 Å². The molecular weight excluding hydrogens is 527 g/mol. The normalized spacial score (nSPS) is 15.5. The van der Waals surface area contributed by atoms with Gasteiger partial charge in [0.1, 0.15) is 34.7 Å². The Morgan fingerprint density at radius 1 is 1.15 bits per heavy atom. The van der Waals surface area contributed by atoms with Crippen molar-refractivity contribution in [2.75, 3.05) is 0 Å². The van der Waals surface area contributed by atoms with Crippen LogP contribution < -0.4 is 4.74 Å². The molecule has 0 saturated heterocycles. The average Bonchev–Trinajstić information content (AvgIpc) is 2.54. The molecule has 6 heteroatoms. The van der Waals surface area contributed by atoms with Crippen molar-refractivity contribution in [3.8, 4) is 23.0 Å². The Balaban J connectivity index is 0.00000243. The van der Waals surface area contributed by atoms with Crippen molar-refractivity contribution >= 4 is 33.1 Å². The van der Waals surface area contributed by atoms with E-state index < -0.39 is 6.10 Å². The van der Waals surface area contributed by atoms with Crippen molar-refractivity contribution < 1.29 is 24.9 Å². The Kier molecular flexibility index (Phi) is 6.33. The van der Waals surface area contributed by atoms with Gasteiger partial charge in [-0.2, -0.15) is 0 Å². The van der Waals surface area contributed by atoms with Gasteiger partial charge in [0.05, 0.1) is 6.42 Å². The first kappa shape index (κ1) is 20.3. The number of carbonyl (C=O) groups is 1. The van der Waals surface area contributed by atoms with Gasteiger partial charge in [0.2, 0.25) is 0 Å². The molecule has 0 amide bonds. The first-order chi connectivity index (χ1) is 11.9. The van der Waals surface area contributed by atoms with Gasteiger partial charge >= 0.3 is 0 Å². The molecule has 3 rings (SSSR count). The van der Waals surface area contributed by atoms with E-state index >= 15 is 0 Å². The van der Waals surface area contributed by atoms with Gasteiger partial charge in [-0.25, -0.2) is 0 Å². The zero-order chi connectivity index (χ0) is 18.1. The van der Waals surface area contributed by atoms with E-state index in [0.29, 0.717) is 12.0 Å². The summed E-state index contributed by atoms with van der Waals surface area (Å²) < 4.78 is 6.00. The minimum absolute atomic E-state index is 0. The Labute approximate surface area is 172 Å². The molecule has 1 aliphatic heterocycles. The maximum Gasteiger partial charge on any atom is 0.174 e. The summed E-state index contributed by atoms with van der Waals surface area (Å²) in [7, 11) is 0. The summed E-state index contributed by atoms with van der Waals surface area (Å²) in [6, 6.07) is 7.63. The number of phenols is 3. The molecule has 0 aliphatic carbocycles. The Bertz CT molecular complexity index is 851. The molecule has 26 heavy (non-hydrogen) atoms. The Morgan fingerprint density at radius 2 is 1.81 bits per heavy atom. The maximum atomic E-state index is 12.6. The number of Topliss-reactive ketones (excluding diaryl/α,β-unsaturated/α-hetero) is 1. The van der Waals surface area contributed by atoms with Crippen molar-refractivity contribution in [3.05, 3.63) is 58.7 Å². The number of benzene rings is 2. The average molecular weight is 548 g/mol. The molecule has 0 spiro atoms. The van der Waals surface area contributed by atoms with Gasteiger partial charge in [-0.3, -0.25) is 4.79 Å². The second-order valence-electron chi connectivity index (χ2n) is 6.41. The number of fused-ring (bicyclic) bond motifs is 1. The third-order valence-corrected chi connectivity index (χ3v) is 4.23. The van der Waals surface area contributed by atoms with Crippen LogP contribution in [-0.4, -0.2) is 48.4 Å². The van der Waals surface area contributed by atoms with E-state index in [4.69, 9.17) is 4.74 Å². The molecule has 134 valence electrons. The third-order valence-electron chi connectivity index (χ3n) is 4.23. The van der Waals surface area contributed by atoms with E-state index in [9.17, 15) is 20.1 Å². The van der Waals surface area contributed by atoms with Crippen LogP contribution in [0.4, 0.5) is 0 Å². The van der Waals surface area contributed by atoms with Crippen molar-refractivity contribution in [1.29, 1.82) is 0 Å². The number of allylic oxidation sites excluding steroid dienone is 2. The first-order valence-corrected chi connectivity index (χ1v) is 8.06. The van der Waals surface area contributed by atoms with Crippen LogP contribution in [0.3, 0.4) is 0 Å². The molecule has 4 radical (unpaired) electrons. The number of carbonyl (C=O) groups excluding carboxylic acids is 1. The largest absolute Gasteiger partial charge is 0.508 e. The minimum Gasteiger partial charge on any atom is -0.508 e. The van der Waals surface area contributed by atoms with Crippen LogP contribution in [0, 0.1) is 0 Å². The standard InChI is InChI=1S/C20H20O5.Pb/c1-11(2)3-8-14-15(22)9-16(23)19-17(24)10-18(25-20(14)19)12-4-6-13(21)7-5-12;/h3-7,9,18,21-23H,8,10H2,1-2H3;. The predicted molar refractivity (Wildman–Crippen MR) is 99.1 cm³/mol. The third kappa shape index (κ3) is 4.03. The number of aromatic hydroxyl groups is 3. The quantitative estimate of drug-likeness (QED) is 0.404. The van der Waals surface area contributed by atoms with Gasteiger partial charge in [0.15, 0.2) is 5.78 Å². The molecule has 2 aromatic carbocycles.